The van der Waals surface area contributed by atoms with Crippen molar-refractivity contribution < 1.29 is 14.7 Å². The van der Waals surface area contributed by atoms with Crippen molar-refractivity contribution in [3.8, 4) is 0 Å². The summed E-state index contributed by atoms with van der Waals surface area (Å²) in [7, 11) is 0. The Morgan fingerprint density at radius 3 is 2.56 bits per heavy atom. The number of carbonyl (C=O) groups is 2. The lowest BCUT2D eigenvalue weighted by atomic mass is 9.97. The van der Waals surface area contributed by atoms with Crippen LogP contribution in [0.1, 0.15) is 35.7 Å². The normalized spacial score (nSPS) is 10.8. The number of hydrogen-bond acceptors (Lipinski definition) is 3. The van der Waals surface area contributed by atoms with E-state index in [1.165, 1.54) is 0 Å². The van der Waals surface area contributed by atoms with E-state index in [0.717, 1.165) is 16.3 Å². The highest BCUT2D eigenvalue weighted by Gasteiger charge is 2.15. The van der Waals surface area contributed by atoms with Gasteiger partial charge < -0.3 is 5.11 Å². The van der Waals surface area contributed by atoms with Gasteiger partial charge in [0.05, 0.1) is 0 Å². The molecule has 0 aliphatic heterocycles. The van der Waals surface area contributed by atoms with E-state index in [1.54, 1.807) is 30.6 Å². The molecule has 1 aromatic heterocycles. The van der Waals surface area contributed by atoms with Crippen LogP contribution in [0.3, 0.4) is 0 Å². The van der Waals surface area contributed by atoms with Gasteiger partial charge in [-0.25, -0.2) is 4.79 Å². The molecule has 2 aromatic rings. The summed E-state index contributed by atoms with van der Waals surface area (Å²) in [4.78, 5) is 26.2. The lowest BCUT2D eigenvalue weighted by Crippen LogP contribution is -2.12. The van der Waals surface area contributed by atoms with Gasteiger partial charge in [0.1, 0.15) is 0 Å². The fraction of sp³-hybridized carbons (Fsp3) is 0.214. The Balaban J connectivity index is 2.61. The number of carboxylic acids is 1. The highest BCUT2D eigenvalue weighted by molar-refractivity contribution is 6.40. The second-order valence-electron chi connectivity index (χ2n) is 4.45. The fourth-order valence-corrected chi connectivity index (χ4v) is 1.92. The first-order valence-electron chi connectivity index (χ1n) is 5.66. The number of carboxylic acid groups (broad SMARTS) is 1. The summed E-state index contributed by atoms with van der Waals surface area (Å²) in [5.41, 5.74) is 1.26. The first kappa shape index (κ1) is 12.2. The van der Waals surface area contributed by atoms with Crippen LogP contribution in [0, 0.1) is 0 Å². The molecule has 0 saturated heterocycles. The Morgan fingerprint density at radius 1 is 1.22 bits per heavy atom. The molecule has 4 nitrogen and oxygen atoms in total. The van der Waals surface area contributed by atoms with E-state index in [9.17, 15) is 9.59 Å². The van der Waals surface area contributed by atoms with E-state index in [0.29, 0.717) is 5.92 Å². The number of aromatic nitrogens is 1. The van der Waals surface area contributed by atoms with Crippen molar-refractivity contribution in [1.29, 1.82) is 0 Å². The maximum atomic E-state index is 11.4. The lowest BCUT2D eigenvalue weighted by molar-refractivity contribution is -0.131. The molecule has 0 amide bonds. The number of nitrogens with zero attached hydrogens (tertiary/aromatic N) is 1. The third-order valence-electron chi connectivity index (χ3n) is 2.87. The quantitative estimate of drug-likeness (QED) is 0.664. The molecule has 0 unspecified atom stereocenters. The SMILES string of the molecule is CC(C)c1cncc2cc(C(=O)C(=O)O)ccc12. The smallest absolute Gasteiger partial charge is 0.377 e. The van der Waals surface area contributed by atoms with E-state index >= 15 is 0 Å². The topological polar surface area (TPSA) is 67.3 Å². The number of rotatable bonds is 3. The summed E-state index contributed by atoms with van der Waals surface area (Å²) >= 11 is 0. The maximum Gasteiger partial charge on any atom is 0.377 e. The van der Waals surface area contributed by atoms with Crippen molar-refractivity contribution in [2.75, 3.05) is 0 Å². The summed E-state index contributed by atoms with van der Waals surface area (Å²) in [6.07, 6.45) is 3.44. The monoisotopic (exact) mass is 243 g/mol. The van der Waals surface area contributed by atoms with Crippen LogP contribution in [-0.4, -0.2) is 21.8 Å². The second kappa shape index (κ2) is 4.56. The average molecular weight is 243 g/mol. The zero-order chi connectivity index (χ0) is 13.3. The van der Waals surface area contributed by atoms with Gasteiger partial charge in [-0.15, -0.1) is 0 Å². The van der Waals surface area contributed by atoms with Crippen LogP contribution < -0.4 is 0 Å². The summed E-state index contributed by atoms with van der Waals surface area (Å²) in [6, 6.07) is 4.90. The van der Waals surface area contributed by atoms with E-state index in [4.69, 9.17) is 5.11 Å². The first-order valence-corrected chi connectivity index (χ1v) is 5.66. The van der Waals surface area contributed by atoms with Gasteiger partial charge in [0, 0.05) is 23.3 Å². The third-order valence-corrected chi connectivity index (χ3v) is 2.87. The van der Waals surface area contributed by atoms with E-state index in [1.807, 2.05) is 0 Å². The van der Waals surface area contributed by atoms with Crippen molar-refractivity contribution in [3.05, 3.63) is 41.7 Å². The molecule has 0 spiro atoms. The number of ketones is 1. The molecule has 0 aliphatic carbocycles. The molecule has 0 radical (unpaired) electrons. The summed E-state index contributed by atoms with van der Waals surface area (Å²) in [6.45, 7) is 4.12. The summed E-state index contributed by atoms with van der Waals surface area (Å²) < 4.78 is 0. The molecule has 1 N–H and O–H groups in total. The number of fused-ring (bicyclic) bond motifs is 1. The van der Waals surface area contributed by atoms with Crippen molar-refractivity contribution in [3.63, 3.8) is 0 Å². The van der Waals surface area contributed by atoms with Gasteiger partial charge in [0.25, 0.3) is 5.78 Å². The first-order chi connectivity index (χ1) is 8.50. The molecule has 0 fully saturated rings. The Bertz CT molecular complexity index is 632. The minimum absolute atomic E-state index is 0.178. The summed E-state index contributed by atoms with van der Waals surface area (Å²) in [5.74, 6) is -2.02. The Kier molecular flexibility index (Phi) is 3.10. The molecule has 4 heteroatoms. The van der Waals surface area contributed by atoms with Gasteiger partial charge in [-0.3, -0.25) is 9.78 Å². The molecule has 1 heterocycles. The van der Waals surface area contributed by atoms with Crippen molar-refractivity contribution in [2.24, 2.45) is 0 Å². The highest BCUT2D eigenvalue weighted by Crippen LogP contribution is 2.25. The molecule has 2 rings (SSSR count). The molecule has 1 aromatic carbocycles. The van der Waals surface area contributed by atoms with Crippen LogP contribution in [0.4, 0.5) is 0 Å². The molecule has 92 valence electrons. The number of aliphatic carboxylic acids is 1. The molecule has 0 aliphatic rings. The lowest BCUT2D eigenvalue weighted by Gasteiger charge is -2.09. The van der Waals surface area contributed by atoms with Crippen LogP contribution in [0.2, 0.25) is 0 Å². The largest absolute Gasteiger partial charge is 0.475 e. The molecule has 0 saturated carbocycles. The van der Waals surface area contributed by atoms with E-state index in [2.05, 4.69) is 18.8 Å². The predicted octanol–water partition coefficient (Wildman–Crippen LogP) is 2.63. The van der Waals surface area contributed by atoms with Gasteiger partial charge in [-0.05, 0) is 22.9 Å². The minimum Gasteiger partial charge on any atom is -0.475 e. The molecule has 0 atom stereocenters. The van der Waals surface area contributed by atoms with Crippen molar-refractivity contribution >= 4 is 22.5 Å². The predicted molar refractivity (Wildman–Crippen MR) is 67.8 cm³/mol. The molecular weight excluding hydrogens is 230 g/mol. The van der Waals surface area contributed by atoms with Crippen LogP contribution in [0.5, 0.6) is 0 Å². The summed E-state index contributed by atoms with van der Waals surface area (Å²) in [5, 5.41) is 10.5. The molecule has 18 heavy (non-hydrogen) atoms. The minimum atomic E-state index is -1.44. The van der Waals surface area contributed by atoms with Gasteiger partial charge in [0.2, 0.25) is 0 Å². The van der Waals surface area contributed by atoms with Gasteiger partial charge >= 0.3 is 5.97 Å². The second-order valence-corrected chi connectivity index (χ2v) is 4.45. The fourth-order valence-electron chi connectivity index (χ4n) is 1.92. The van der Waals surface area contributed by atoms with Gasteiger partial charge in [-0.2, -0.15) is 0 Å². The highest BCUT2D eigenvalue weighted by atomic mass is 16.4. The Hall–Kier alpha value is -2.23. The number of Topliss-reactive ketones (excluding diaryl/α,β-unsaturated/α-hetero) is 1. The van der Waals surface area contributed by atoms with Crippen LogP contribution in [0.15, 0.2) is 30.6 Å². The number of pyridine rings is 1. The standard InChI is InChI=1S/C14H13NO3/c1-8(2)12-7-15-6-10-5-9(3-4-11(10)12)13(16)14(17)18/h3-8H,1-2H3,(H,17,18). The van der Waals surface area contributed by atoms with Crippen LogP contribution >= 0.6 is 0 Å². The van der Waals surface area contributed by atoms with E-state index < -0.39 is 11.8 Å². The van der Waals surface area contributed by atoms with Gasteiger partial charge in [0.15, 0.2) is 0 Å². The Morgan fingerprint density at radius 2 is 1.94 bits per heavy atom. The van der Waals surface area contributed by atoms with Crippen LogP contribution in [-0.2, 0) is 4.79 Å². The number of benzene rings is 1. The van der Waals surface area contributed by atoms with Crippen LogP contribution in [0.25, 0.3) is 10.8 Å². The van der Waals surface area contributed by atoms with Gasteiger partial charge in [-0.1, -0.05) is 26.0 Å². The third kappa shape index (κ3) is 2.09. The van der Waals surface area contributed by atoms with Crippen molar-refractivity contribution in [1.82, 2.24) is 4.98 Å². The number of hydrogen-bond donors (Lipinski definition) is 1. The van der Waals surface area contributed by atoms with Crippen molar-refractivity contribution in [2.45, 2.75) is 19.8 Å². The maximum absolute atomic E-state index is 11.4. The number of carbonyl (C=O) groups excluding carboxylic acids is 1. The van der Waals surface area contributed by atoms with E-state index in [-0.39, 0.29) is 5.56 Å². The zero-order valence-electron chi connectivity index (χ0n) is 10.2. The zero-order valence-corrected chi connectivity index (χ0v) is 10.2. The Labute approximate surface area is 104 Å². The molecular formula is C14H13NO3. The average Bonchev–Trinajstić information content (AvgIpc) is 2.36. The molecule has 0 bridgehead atoms.